The van der Waals surface area contributed by atoms with Gasteiger partial charge in [-0.25, -0.2) is 4.79 Å². The molecule has 4 nitrogen and oxygen atoms in total. The van der Waals surface area contributed by atoms with E-state index in [1.807, 2.05) is 12.1 Å². The van der Waals surface area contributed by atoms with Crippen molar-refractivity contribution in [2.24, 2.45) is 5.92 Å². The van der Waals surface area contributed by atoms with Crippen LogP contribution in [-0.2, 0) is 4.74 Å². The van der Waals surface area contributed by atoms with Crippen LogP contribution in [-0.4, -0.2) is 19.1 Å². The SMILES string of the molecule is CCCC1CCC(Nc2cccc(C(=O)OC)c2N)CC1. The average molecular weight is 290 g/mol. The van der Waals surface area contributed by atoms with Crippen LogP contribution in [0.4, 0.5) is 11.4 Å². The maximum Gasteiger partial charge on any atom is 0.340 e. The molecular weight excluding hydrogens is 264 g/mol. The van der Waals surface area contributed by atoms with Gasteiger partial charge in [0.1, 0.15) is 0 Å². The Labute approximate surface area is 127 Å². The Morgan fingerprint density at radius 2 is 2.05 bits per heavy atom. The highest BCUT2D eigenvalue weighted by molar-refractivity contribution is 5.98. The zero-order valence-corrected chi connectivity index (χ0v) is 13.0. The fourth-order valence-corrected chi connectivity index (χ4v) is 3.20. The number of rotatable bonds is 5. The minimum Gasteiger partial charge on any atom is -0.465 e. The van der Waals surface area contributed by atoms with E-state index in [0.29, 0.717) is 17.3 Å². The standard InChI is InChI=1S/C17H26N2O2/c1-3-5-12-8-10-13(11-9-12)19-15-7-4-6-14(16(15)18)17(20)21-2/h4,6-7,12-13,19H,3,5,8-11,18H2,1-2H3. The minimum atomic E-state index is -0.386. The van der Waals surface area contributed by atoms with Crippen LogP contribution in [0.2, 0.25) is 0 Å². The molecule has 0 atom stereocenters. The molecule has 1 fully saturated rings. The van der Waals surface area contributed by atoms with Gasteiger partial charge in [0.25, 0.3) is 0 Å². The number of carbonyl (C=O) groups is 1. The van der Waals surface area contributed by atoms with E-state index in [2.05, 4.69) is 12.2 Å². The van der Waals surface area contributed by atoms with Gasteiger partial charge in [0, 0.05) is 6.04 Å². The highest BCUT2D eigenvalue weighted by Crippen LogP contribution is 2.31. The molecule has 0 saturated heterocycles. The Balaban J connectivity index is 1.99. The van der Waals surface area contributed by atoms with Crippen molar-refractivity contribution in [3.63, 3.8) is 0 Å². The van der Waals surface area contributed by atoms with E-state index in [0.717, 1.165) is 11.6 Å². The van der Waals surface area contributed by atoms with Crippen molar-refractivity contribution in [2.45, 2.75) is 51.5 Å². The lowest BCUT2D eigenvalue weighted by atomic mass is 9.83. The molecule has 1 aromatic carbocycles. The zero-order chi connectivity index (χ0) is 15.2. The lowest BCUT2D eigenvalue weighted by Gasteiger charge is -2.30. The van der Waals surface area contributed by atoms with E-state index in [1.165, 1.54) is 45.6 Å². The van der Waals surface area contributed by atoms with Gasteiger partial charge in [-0.3, -0.25) is 0 Å². The summed E-state index contributed by atoms with van der Waals surface area (Å²) in [4.78, 5) is 11.7. The lowest BCUT2D eigenvalue weighted by Crippen LogP contribution is -2.26. The predicted molar refractivity (Wildman–Crippen MR) is 86.5 cm³/mol. The van der Waals surface area contributed by atoms with Gasteiger partial charge in [0.05, 0.1) is 24.0 Å². The summed E-state index contributed by atoms with van der Waals surface area (Å²) in [7, 11) is 1.37. The molecule has 0 bridgehead atoms. The first-order valence-electron chi connectivity index (χ1n) is 7.89. The van der Waals surface area contributed by atoms with Crippen LogP contribution >= 0.6 is 0 Å². The van der Waals surface area contributed by atoms with E-state index in [9.17, 15) is 4.79 Å². The van der Waals surface area contributed by atoms with Crippen LogP contribution in [0, 0.1) is 5.92 Å². The van der Waals surface area contributed by atoms with E-state index >= 15 is 0 Å². The molecule has 0 spiro atoms. The lowest BCUT2D eigenvalue weighted by molar-refractivity contribution is 0.0602. The van der Waals surface area contributed by atoms with E-state index in [-0.39, 0.29) is 5.97 Å². The molecule has 1 aliphatic rings. The third kappa shape index (κ3) is 3.90. The first-order valence-corrected chi connectivity index (χ1v) is 7.89. The normalized spacial score (nSPS) is 21.8. The highest BCUT2D eigenvalue weighted by atomic mass is 16.5. The average Bonchev–Trinajstić information content (AvgIpc) is 2.51. The maximum absolute atomic E-state index is 11.7. The number of para-hydroxylation sites is 1. The Hall–Kier alpha value is -1.71. The number of hydrogen-bond donors (Lipinski definition) is 2. The number of benzene rings is 1. The molecule has 116 valence electrons. The molecule has 1 saturated carbocycles. The molecule has 1 aromatic rings. The number of methoxy groups -OCH3 is 1. The summed E-state index contributed by atoms with van der Waals surface area (Å²) in [5.41, 5.74) is 7.85. The van der Waals surface area contributed by atoms with Crippen molar-refractivity contribution >= 4 is 17.3 Å². The van der Waals surface area contributed by atoms with Gasteiger partial charge in [0.15, 0.2) is 0 Å². The number of anilines is 2. The number of esters is 1. The van der Waals surface area contributed by atoms with Crippen LogP contribution in [0.5, 0.6) is 0 Å². The molecule has 0 aliphatic heterocycles. The molecule has 0 aromatic heterocycles. The van der Waals surface area contributed by atoms with Crippen LogP contribution in [0.3, 0.4) is 0 Å². The molecule has 3 N–H and O–H groups in total. The van der Waals surface area contributed by atoms with Gasteiger partial charge >= 0.3 is 5.97 Å². The molecule has 0 amide bonds. The summed E-state index contributed by atoms with van der Waals surface area (Å²) in [6.07, 6.45) is 7.52. The summed E-state index contributed by atoms with van der Waals surface area (Å²) >= 11 is 0. The van der Waals surface area contributed by atoms with Gasteiger partial charge in [-0.1, -0.05) is 25.8 Å². The van der Waals surface area contributed by atoms with Crippen LogP contribution in [0.1, 0.15) is 55.8 Å². The van der Waals surface area contributed by atoms with Crippen LogP contribution in [0.15, 0.2) is 18.2 Å². The molecule has 0 unspecified atom stereocenters. The number of ether oxygens (including phenoxy) is 1. The number of hydrogen-bond acceptors (Lipinski definition) is 4. The Morgan fingerprint density at radius 1 is 1.33 bits per heavy atom. The van der Waals surface area contributed by atoms with Gasteiger partial charge in [0.2, 0.25) is 0 Å². The molecule has 4 heteroatoms. The first-order chi connectivity index (χ1) is 10.2. The summed E-state index contributed by atoms with van der Waals surface area (Å²) in [6, 6.07) is 5.92. The van der Waals surface area contributed by atoms with Crippen molar-refractivity contribution in [3.8, 4) is 0 Å². The van der Waals surface area contributed by atoms with Crippen molar-refractivity contribution < 1.29 is 9.53 Å². The third-order valence-electron chi connectivity index (χ3n) is 4.41. The van der Waals surface area contributed by atoms with Crippen molar-refractivity contribution in [1.82, 2.24) is 0 Å². The van der Waals surface area contributed by atoms with Gasteiger partial charge in [-0.15, -0.1) is 0 Å². The van der Waals surface area contributed by atoms with Crippen molar-refractivity contribution in [3.05, 3.63) is 23.8 Å². The predicted octanol–water partition coefficient (Wildman–Crippen LogP) is 3.83. The topological polar surface area (TPSA) is 64.3 Å². The molecule has 2 rings (SSSR count). The third-order valence-corrected chi connectivity index (χ3v) is 4.41. The number of carbonyl (C=O) groups excluding carboxylic acids is 1. The molecule has 21 heavy (non-hydrogen) atoms. The monoisotopic (exact) mass is 290 g/mol. The minimum absolute atomic E-state index is 0.386. The largest absolute Gasteiger partial charge is 0.465 e. The van der Waals surface area contributed by atoms with Crippen LogP contribution < -0.4 is 11.1 Å². The van der Waals surface area contributed by atoms with E-state index < -0.39 is 0 Å². The Kier molecular flexibility index (Phi) is 5.48. The molecule has 0 radical (unpaired) electrons. The zero-order valence-electron chi connectivity index (χ0n) is 13.0. The fourth-order valence-electron chi connectivity index (χ4n) is 3.20. The summed E-state index contributed by atoms with van der Waals surface area (Å²) in [5, 5.41) is 3.50. The molecule has 1 aliphatic carbocycles. The Morgan fingerprint density at radius 3 is 2.67 bits per heavy atom. The van der Waals surface area contributed by atoms with Gasteiger partial charge in [-0.05, 0) is 43.7 Å². The summed E-state index contributed by atoms with van der Waals surface area (Å²) in [6.45, 7) is 2.25. The van der Waals surface area contributed by atoms with Crippen molar-refractivity contribution in [2.75, 3.05) is 18.2 Å². The van der Waals surface area contributed by atoms with Crippen molar-refractivity contribution in [1.29, 1.82) is 0 Å². The maximum atomic E-state index is 11.7. The van der Waals surface area contributed by atoms with E-state index in [4.69, 9.17) is 10.5 Å². The smallest absolute Gasteiger partial charge is 0.340 e. The van der Waals surface area contributed by atoms with Gasteiger partial charge in [-0.2, -0.15) is 0 Å². The second kappa shape index (κ2) is 7.34. The number of nitrogens with two attached hydrogens (primary N) is 1. The highest BCUT2D eigenvalue weighted by Gasteiger charge is 2.21. The number of nitrogens with one attached hydrogen (secondary N) is 1. The quantitative estimate of drug-likeness (QED) is 0.639. The Bertz CT molecular complexity index is 480. The second-order valence-electron chi connectivity index (χ2n) is 5.91. The van der Waals surface area contributed by atoms with E-state index in [1.54, 1.807) is 6.07 Å². The second-order valence-corrected chi connectivity index (χ2v) is 5.91. The molecule has 0 heterocycles. The van der Waals surface area contributed by atoms with Gasteiger partial charge < -0.3 is 15.8 Å². The fraction of sp³-hybridized carbons (Fsp3) is 0.588. The summed E-state index contributed by atoms with van der Waals surface area (Å²) in [5.74, 6) is 0.495. The number of nitrogen functional groups attached to an aromatic ring is 1. The molecular formula is C17H26N2O2. The summed E-state index contributed by atoms with van der Waals surface area (Å²) < 4.78 is 4.76. The first kappa shape index (κ1) is 15.7. The van der Waals surface area contributed by atoms with Crippen LogP contribution in [0.25, 0.3) is 0 Å².